The van der Waals surface area contributed by atoms with Crippen molar-refractivity contribution in [2.45, 2.75) is 45.9 Å². The van der Waals surface area contributed by atoms with E-state index in [2.05, 4.69) is 10.4 Å². The Morgan fingerprint density at radius 1 is 1.63 bits per heavy atom. The summed E-state index contributed by atoms with van der Waals surface area (Å²) in [5.74, 6) is 0.350. The number of anilines is 1. The van der Waals surface area contributed by atoms with Gasteiger partial charge in [-0.05, 0) is 19.3 Å². The van der Waals surface area contributed by atoms with E-state index in [0.29, 0.717) is 18.2 Å². The first-order valence-corrected chi connectivity index (χ1v) is 7.00. The molecule has 2 rings (SSSR count). The van der Waals surface area contributed by atoms with Crippen molar-refractivity contribution in [3.05, 3.63) is 21.6 Å². The van der Waals surface area contributed by atoms with Gasteiger partial charge in [0, 0.05) is 13.2 Å². The molecule has 1 saturated heterocycles. The molecule has 0 aliphatic carbocycles. The number of hydrogen-bond donors (Lipinski definition) is 1. The molecule has 1 fully saturated rings. The summed E-state index contributed by atoms with van der Waals surface area (Å²) in [6.07, 6.45) is 2.65. The second-order valence-corrected chi connectivity index (χ2v) is 5.75. The van der Waals surface area contributed by atoms with Gasteiger partial charge in [-0.3, -0.25) is 4.79 Å². The number of aromatic nitrogens is 2. The number of hydrogen-bond acceptors (Lipinski definition) is 4. The quantitative estimate of drug-likeness (QED) is 0.921. The molecule has 0 bridgehead atoms. The van der Waals surface area contributed by atoms with Gasteiger partial charge in [0.25, 0.3) is 5.56 Å². The van der Waals surface area contributed by atoms with E-state index >= 15 is 0 Å². The lowest BCUT2D eigenvalue weighted by atomic mass is 10.1. The average molecular weight is 286 g/mol. The van der Waals surface area contributed by atoms with Crippen LogP contribution in [-0.2, 0) is 11.3 Å². The smallest absolute Gasteiger partial charge is 0.287 e. The van der Waals surface area contributed by atoms with Crippen LogP contribution in [0.1, 0.15) is 27.2 Å². The van der Waals surface area contributed by atoms with Gasteiger partial charge in [-0.15, -0.1) is 0 Å². The summed E-state index contributed by atoms with van der Waals surface area (Å²) in [7, 11) is 0. The monoisotopic (exact) mass is 285 g/mol. The molecule has 6 heteroatoms. The zero-order valence-electron chi connectivity index (χ0n) is 11.5. The van der Waals surface area contributed by atoms with Gasteiger partial charge in [-0.25, -0.2) is 4.68 Å². The van der Waals surface area contributed by atoms with Crippen LogP contribution < -0.4 is 10.9 Å². The van der Waals surface area contributed by atoms with Crippen LogP contribution in [0.15, 0.2) is 11.0 Å². The Bertz CT molecular complexity index is 501. The summed E-state index contributed by atoms with van der Waals surface area (Å²) in [5, 5.41) is 7.61. The summed E-state index contributed by atoms with van der Waals surface area (Å²) in [5.41, 5.74) is 0.348. The van der Waals surface area contributed by atoms with Gasteiger partial charge in [0.1, 0.15) is 5.02 Å². The maximum atomic E-state index is 12.1. The second kappa shape index (κ2) is 5.92. The predicted octanol–water partition coefficient (Wildman–Crippen LogP) is 2.14. The van der Waals surface area contributed by atoms with E-state index < -0.39 is 0 Å². The van der Waals surface area contributed by atoms with Crippen molar-refractivity contribution in [1.29, 1.82) is 0 Å². The van der Waals surface area contributed by atoms with Crippen molar-refractivity contribution >= 4 is 17.3 Å². The Kier molecular flexibility index (Phi) is 4.47. The normalized spacial score (nSPS) is 23.0. The molecule has 106 valence electrons. The first-order chi connectivity index (χ1) is 8.99. The van der Waals surface area contributed by atoms with Crippen molar-refractivity contribution in [2.75, 3.05) is 11.9 Å². The Morgan fingerprint density at radius 2 is 2.37 bits per heavy atom. The molecule has 2 unspecified atom stereocenters. The van der Waals surface area contributed by atoms with Gasteiger partial charge in [0.05, 0.1) is 24.0 Å². The topological polar surface area (TPSA) is 56.1 Å². The summed E-state index contributed by atoms with van der Waals surface area (Å²) in [4.78, 5) is 12.1. The maximum Gasteiger partial charge on any atom is 0.287 e. The van der Waals surface area contributed by atoms with E-state index in [1.54, 1.807) is 6.20 Å². The van der Waals surface area contributed by atoms with Gasteiger partial charge in [0.2, 0.25) is 0 Å². The standard InChI is InChI=1S/C13H20ClN3O2/c1-8(2)7-17-13(18)12(14)11(6-15-17)16-10-4-5-19-9(10)3/h6,8-10,16H,4-5,7H2,1-3H3. The molecule has 19 heavy (non-hydrogen) atoms. The largest absolute Gasteiger partial charge is 0.377 e. The molecule has 0 aromatic carbocycles. The molecule has 0 spiro atoms. The lowest BCUT2D eigenvalue weighted by Gasteiger charge is -2.18. The third-order valence-corrected chi connectivity index (χ3v) is 3.61. The molecular weight excluding hydrogens is 266 g/mol. The number of nitrogens with zero attached hydrogens (tertiary/aromatic N) is 2. The highest BCUT2D eigenvalue weighted by Gasteiger charge is 2.25. The lowest BCUT2D eigenvalue weighted by molar-refractivity contribution is 0.121. The van der Waals surface area contributed by atoms with Crippen LogP contribution in [0.3, 0.4) is 0 Å². The second-order valence-electron chi connectivity index (χ2n) is 5.37. The number of ether oxygens (including phenoxy) is 1. The molecule has 1 aliphatic heterocycles. The highest BCUT2D eigenvalue weighted by molar-refractivity contribution is 6.32. The fourth-order valence-electron chi connectivity index (χ4n) is 2.16. The molecule has 1 aromatic rings. The molecule has 0 radical (unpaired) electrons. The van der Waals surface area contributed by atoms with Crippen LogP contribution in [0.4, 0.5) is 5.69 Å². The van der Waals surface area contributed by atoms with E-state index in [-0.39, 0.29) is 22.7 Å². The van der Waals surface area contributed by atoms with E-state index in [1.807, 2.05) is 20.8 Å². The van der Waals surface area contributed by atoms with E-state index in [9.17, 15) is 4.79 Å². The fourth-order valence-corrected chi connectivity index (χ4v) is 2.36. The third-order valence-electron chi connectivity index (χ3n) is 3.24. The van der Waals surface area contributed by atoms with Gasteiger partial charge in [0.15, 0.2) is 0 Å². The van der Waals surface area contributed by atoms with Gasteiger partial charge < -0.3 is 10.1 Å². The molecule has 1 N–H and O–H groups in total. The molecule has 1 aromatic heterocycles. The summed E-state index contributed by atoms with van der Waals surface area (Å²) < 4.78 is 6.88. The molecule has 2 atom stereocenters. The molecule has 0 saturated carbocycles. The minimum Gasteiger partial charge on any atom is -0.377 e. The fraction of sp³-hybridized carbons (Fsp3) is 0.692. The zero-order chi connectivity index (χ0) is 14.0. The van der Waals surface area contributed by atoms with E-state index in [0.717, 1.165) is 13.0 Å². The highest BCUT2D eigenvalue weighted by atomic mass is 35.5. The van der Waals surface area contributed by atoms with Crippen LogP contribution in [-0.4, -0.2) is 28.5 Å². The minimum absolute atomic E-state index is 0.120. The lowest BCUT2D eigenvalue weighted by Crippen LogP contribution is -2.30. The number of halogens is 1. The van der Waals surface area contributed by atoms with Crippen molar-refractivity contribution in [3.63, 3.8) is 0 Å². The predicted molar refractivity (Wildman–Crippen MR) is 75.8 cm³/mol. The highest BCUT2D eigenvalue weighted by Crippen LogP contribution is 2.22. The Balaban J connectivity index is 2.18. The van der Waals surface area contributed by atoms with Gasteiger partial charge in [-0.2, -0.15) is 5.10 Å². The SMILES string of the molecule is CC(C)Cn1ncc(NC2CCOC2C)c(Cl)c1=O. The van der Waals surface area contributed by atoms with Gasteiger partial charge >= 0.3 is 0 Å². The summed E-state index contributed by atoms with van der Waals surface area (Å²) >= 11 is 6.13. The molecule has 0 amide bonds. The minimum atomic E-state index is -0.244. The third kappa shape index (κ3) is 3.28. The van der Waals surface area contributed by atoms with Crippen molar-refractivity contribution < 1.29 is 4.74 Å². The number of nitrogens with one attached hydrogen (secondary N) is 1. The van der Waals surface area contributed by atoms with Gasteiger partial charge in [-0.1, -0.05) is 25.4 Å². The van der Waals surface area contributed by atoms with Crippen molar-refractivity contribution in [2.24, 2.45) is 5.92 Å². The molecule has 1 aliphatic rings. The maximum absolute atomic E-state index is 12.1. The number of rotatable bonds is 4. The Hall–Kier alpha value is -1.07. The molecule has 5 nitrogen and oxygen atoms in total. The van der Waals surface area contributed by atoms with Crippen LogP contribution in [0.5, 0.6) is 0 Å². The summed E-state index contributed by atoms with van der Waals surface area (Å²) in [6, 6.07) is 0.180. The first-order valence-electron chi connectivity index (χ1n) is 6.62. The molecule has 2 heterocycles. The van der Waals surface area contributed by atoms with E-state index in [4.69, 9.17) is 16.3 Å². The van der Waals surface area contributed by atoms with Crippen LogP contribution in [0.2, 0.25) is 5.02 Å². The first kappa shape index (κ1) is 14.3. The Morgan fingerprint density at radius 3 is 2.95 bits per heavy atom. The van der Waals surface area contributed by atoms with Crippen LogP contribution >= 0.6 is 11.6 Å². The van der Waals surface area contributed by atoms with Crippen LogP contribution in [0, 0.1) is 5.92 Å². The van der Waals surface area contributed by atoms with Crippen molar-refractivity contribution in [3.8, 4) is 0 Å². The van der Waals surface area contributed by atoms with E-state index in [1.165, 1.54) is 4.68 Å². The van der Waals surface area contributed by atoms with Crippen molar-refractivity contribution in [1.82, 2.24) is 9.78 Å². The summed E-state index contributed by atoms with van der Waals surface area (Å²) in [6.45, 7) is 7.37. The molecular formula is C13H20ClN3O2. The average Bonchev–Trinajstić information content (AvgIpc) is 2.74. The Labute approximate surface area is 117 Å². The zero-order valence-corrected chi connectivity index (χ0v) is 12.3. The van der Waals surface area contributed by atoms with Crippen LogP contribution in [0.25, 0.3) is 0 Å².